The van der Waals surface area contributed by atoms with E-state index < -0.39 is 6.03 Å². The van der Waals surface area contributed by atoms with Gasteiger partial charge >= 0.3 is 6.03 Å². The molecule has 1 aromatic carbocycles. The molecule has 0 saturated heterocycles. The first-order chi connectivity index (χ1) is 14.1. The van der Waals surface area contributed by atoms with E-state index in [1.165, 1.54) is 19.4 Å². The molecule has 3 heterocycles. The molecule has 0 radical (unpaired) electrons. The van der Waals surface area contributed by atoms with Gasteiger partial charge in [-0.05, 0) is 42.5 Å². The first kappa shape index (κ1) is 18.1. The molecule has 0 aliphatic rings. The normalized spacial score (nSPS) is 10.5. The van der Waals surface area contributed by atoms with Gasteiger partial charge in [0.15, 0.2) is 23.0 Å². The lowest BCUT2D eigenvalue weighted by molar-refractivity contribution is 0.262. The second-order valence-electron chi connectivity index (χ2n) is 6.00. The predicted molar refractivity (Wildman–Crippen MR) is 108 cm³/mol. The van der Waals surface area contributed by atoms with Crippen molar-refractivity contribution in [1.82, 2.24) is 19.9 Å². The van der Waals surface area contributed by atoms with Crippen LogP contribution in [0.3, 0.4) is 0 Å². The number of carbonyl (C=O) groups is 1. The third kappa shape index (κ3) is 4.03. The van der Waals surface area contributed by atoms with Gasteiger partial charge in [-0.2, -0.15) is 0 Å². The number of nitrogens with one attached hydrogen (secondary N) is 2. The summed E-state index contributed by atoms with van der Waals surface area (Å²) in [5.41, 5.74) is 2.93. The molecule has 0 saturated carbocycles. The van der Waals surface area contributed by atoms with Crippen molar-refractivity contribution in [2.24, 2.45) is 0 Å². The number of nitrogens with zero attached hydrogens (tertiary/aromatic N) is 4. The van der Waals surface area contributed by atoms with Crippen molar-refractivity contribution in [2.45, 2.75) is 0 Å². The third-order valence-electron chi connectivity index (χ3n) is 4.06. The van der Waals surface area contributed by atoms with Gasteiger partial charge < -0.3 is 15.2 Å². The van der Waals surface area contributed by atoms with Gasteiger partial charge in [-0.3, -0.25) is 10.3 Å². The minimum atomic E-state index is -0.454. The number of pyridine rings is 2. The number of ether oxygens (including phenoxy) is 1. The average Bonchev–Trinajstić information content (AvgIpc) is 2.74. The van der Waals surface area contributed by atoms with E-state index in [9.17, 15) is 9.90 Å². The van der Waals surface area contributed by atoms with E-state index >= 15 is 0 Å². The van der Waals surface area contributed by atoms with Gasteiger partial charge in [-0.15, -0.1) is 0 Å². The molecule has 0 unspecified atom stereocenters. The Morgan fingerprint density at radius 3 is 2.66 bits per heavy atom. The van der Waals surface area contributed by atoms with Crippen LogP contribution in [0.4, 0.5) is 16.3 Å². The van der Waals surface area contributed by atoms with Gasteiger partial charge in [-0.1, -0.05) is 0 Å². The van der Waals surface area contributed by atoms with Crippen LogP contribution in [0, 0.1) is 0 Å². The monoisotopic (exact) mass is 388 g/mol. The number of fused-ring (bicyclic) bond motifs is 1. The van der Waals surface area contributed by atoms with E-state index in [1.54, 1.807) is 48.8 Å². The molecular weight excluding hydrogens is 372 g/mol. The number of rotatable bonds is 4. The van der Waals surface area contributed by atoms with Gasteiger partial charge in [-0.25, -0.2) is 19.7 Å². The first-order valence-electron chi connectivity index (χ1n) is 8.61. The minimum absolute atomic E-state index is 0.0449. The first-order valence-corrected chi connectivity index (χ1v) is 8.61. The SMILES string of the molecule is COc1cc(-c2ccc3ncc(NC(=O)Nc4ccncc4)nc3n2)ccc1O. The molecule has 0 fully saturated rings. The predicted octanol–water partition coefficient (Wildman–Crippen LogP) is 3.45. The molecule has 3 aromatic heterocycles. The Kier molecular flexibility index (Phi) is 4.85. The molecule has 0 atom stereocenters. The fraction of sp³-hybridized carbons (Fsp3) is 0.0500. The van der Waals surface area contributed by atoms with Crippen molar-refractivity contribution in [3.8, 4) is 22.8 Å². The van der Waals surface area contributed by atoms with Gasteiger partial charge in [0, 0.05) is 23.6 Å². The van der Waals surface area contributed by atoms with Gasteiger partial charge in [0.1, 0.15) is 5.52 Å². The van der Waals surface area contributed by atoms with E-state index in [0.29, 0.717) is 28.3 Å². The molecule has 0 aliphatic heterocycles. The summed E-state index contributed by atoms with van der Waals surface area (Å²) in [5.74, 6) is 0.652. The highest BCUT2D eigenvalue weighted by Gasteiger charge is 2.10. The number of urea groups is 1. The molecule has 3 N–H and O–H groups in total. The maximum Gasteiger partial charge on any atom is 0.324 e. The topological polar surface area (TPSA) is 122 Å². The molecule has 2 amide bonds. The fourth-order valence-corrected chi connectivity index (χ4v) is 2.67. The zero-order chi connectivity index (χ0) is 20.2. The zero-order valence-electron chi connectivity index (χ0n) is 15.3. The number of phenols is 1. The van der Waals surface area contributed by atoms with Crippen molar-refractivity contribution in [3.63, 3.8) is 0 Å². The standard InChI is InChI=1S/C20H16N6O3/c1-29-17-10-12(2-5-16(17)27)14-3-4-15-19(24-14)25-18(11-22-15)26-20(28)23-13-6-8-21-9-7-13/h2-11,27H,1H3,(H2,21,23,24,25,26,28). The van der Waals surface area contributed by atoms with E-state index in [4.69, 9.17) is 4.74 Å². The highest BCUT2D eigenvalue weighted by atomic mass is 16.5. The van der Waals surface area contributed by atoms with Gasteiger partial charge in [0.2, 0.25) is 0 Å². The van der Waals surface area contributed by atoms with Crippen LogP contribution in [-0.4, -0.2) is 38.2 Å². The summed E-state index contributed by atoms with van der Waals surface area (Å²) in [5, 5.41) is 15.1. The summed E-state index contributed by atoms with van der Waals surface area (Å²) in [6, 6.07) is 11.4. The van der Waals surface area contributed by atoms with E-state index in [0.717, 1.165) is 5.56 Å². The molecule has 4 aromatic rings. The van der Waals surface area contributed by atoms with E-state index in [-0.39, 0.29) is 11.6 Å². The minimum Gasteiger partial charge on any atom is -0.504 e. The summed E-state index contributed by atoms with van der Waals surface area (Å²) in [6.07, 6.45) is 4.61. The largest absolute Gasteiger partial charge is 0.504 e. The second kappa shape index (κ2) is 7.77. The molecular formula is C20H16N6O3. The fourth-order valence-electron chi connectivity index (χ4n) is 2.67. The van der Waals surface area contributed by atoms with Crippen molar-refractivity contribution in [3.05, 3.63) is 61.1 Å². The maximum absolute atomic E-state index is 12.1. The molecule has 0 spiro atoms. The van der Waals surface area contributed by atoms with Crippen LogP contribution >= 0.6 is 0 Å². The van der Waals surface area contributed by atoms with Crippen molar-refractivity contribution >= 4 is 28.7 Å². The third-order valence-corrected chi connectivity index (χ3v) is 4.06. The Hall–Kier alpha value is -4.27. The van der Waals surface area contributed by atoms with Gasteiger partial charge in [0.25, 0.3) is 0 Å². The van der Waals surface area contributed by atoms with Gasteiger partial charge in [0.05, 0.1) is 19.0 Å². The molecule has 144 valence electrons. The lowest BCUT2D eigenvalue weighted by Crippen LogP contribution is -2.20. The number of benzene rings is 1. The summed E-state index contributed by atoms with van der Waals surface area (Å²) < 4.78 is 5.14. The highest BCUT2D eigenvalue weighted by molar-refractivity contribution is 5.99. The number of hydrogen-bond acceptors (Lipinski definition) is 7. The lowest BCUT2D eigenvalue weighted by Gasteiger charge is -2.08. The molecule has 0 bridgehead atoms. The Balaban J connectivity index is 1.59. The quantitative estimate of drug-likeness (QED) is 0.489. The van der Waals surface area contributed by atoms with E-state index in [1.807, 2.05) is 0 Å². The smallest absolute Gasteiger partial charge is 0.324 e. The van der Waals surface area contributed by atoms with Crippen LogP contribution in [0.15, 0.2) is 61.1 Å². The molecule has 29 heavy (non-hydrogen) atoms. The van der Waals surface area contributed by atoms with E-state index in [2.05, 4.69) is 30.6 Å². The van der Waals surface area contributed by atoms with Crippen molar-refractivity contribution < 1.29 is 14.6 Å². The lowest BCUT2D eigenvalue weighted by atomic mass is 10.1. The Labute approximate surface area is 165 Å². The molecule has 9 heteroatoms. The number of carbonyl (C=O) groups excluding carboxylic acids is 1. The maximum atomic E-state index is 12.1. The van der Waals surface area contributed by atoms with Crippen LogP contribution in [-0.2, 0) is 0 Å². The van der Waals surface area contributed by atoms with Crippen LogP contribution in [0.2, 0.25) is 0 Å². The number of aromatic nitrogens is 4. The number of anilines is 2. The highest BCUT2D eigenvalue weighted by Crippen LogP contribution is 2.31. The summed E-state index contributed by atoms with van der Waals surface area (Å²) >= 11 is 0. The molecule has 9 nitrogen and oxygen atoms in total. The van der Waals surface area contributed by atoms with Crippen LogP contribution in [0.5, 0.6) is 11.5 Å². The summed E-state index contributed by atoms with van der Waals surface area (Å²) in [6.45, 7) is 0. The Bertz CT molecular complexity index is 1180. The zero-order valence-corrected chi connectivity index (χ0v) is 15.3. The number of amides is 2. The number of aromatic hydroxyl groups is 1. The number of methoxy groups -OCH3 is 1. The molecule has 0 aliphatic carbocycles. The number of phenolic OH excluding ortho intramolecular Hbond substituents is 1. The average molecular weight is 388 g/mol. The number of hydrogen-bond donors (Lipinski definition) is 3. The summed E-state index contributed by atoms with van der Waals surface area (Å²) in [4.78, 5) is 29.2. The van der Waals surface area contributed by atoms with Crippen molar-refractivity contribution in [2.75, 3.05) is 17.7 Å². The van der Waals surface area contributed by atoms with Crippen LogP contribution in [0.1, 0.15) is 0 Å². The second-order valence-corrected chi connectivity index (χ2v) is 6.00. The van der Waals surface area contributed by atoms with Crippen LogP contribution < -0.4 is 15.4 Å². The van der Waals surface area contributed by atoms with Crippen molar-refractivity contribution in [1.29, 1.82) is 0 Å². The molecule has 4 rings (SSSR count). The Morgan fingerprint density at radius 1 is 1.03 bits per heavy atom. The Morgan fingerprint density at radius 2 is 1.86 bits per heavy atom. The summed E-state index contributed by atoms with van der Waals surface area (Å²) in [7, 11) is 1.48. The van der Waals surface area contributed by atoms with Crippen LogP contribution in [0.25, 0.3) is 22.4 Å².